The quantitative estimate of drug-likeness (QED) is 0.920. The topological polar surface area (TPSA) is 75.9 Å². The molecular formula is C14H18N6O. The number of amides is 2. The van der Waals surface area contributed by atoms with Gasteiger partial charge in [-0.2, -0.15) is 5.10 Å². The number of carbonyl (C=O) groups excluding carboxylic acids is 1. The molecule has 0 saturated heterocycles. The lowest BCUT2D eigenvalue weighted by atomic mass is 9.92. The van der Waals surface area contributed by atoms with Crippen LogP contribution in [0.3, 0.4) is 0 Å². The Morgan fingerprint density at radius 2 is 2.38 bits per heavy atom. The van der Waals surface area contributed by atoms with Crippen LogP contribution >= 0.6 is 0 Å². The van der Waals surface area contributed by atoms with E-state index in [2.05, 4.69) is 20.4 Å². The molecule has 1 aliphatic rings. The van der Waals surface area contributed by atoms with Crippen molar-refractivity contribution in [3.05, 3.63) is 36.5 Å². The first-order chi connectivity index (χ1) is 10.3. The van der Waals surface area contributed by atoms with Crippen molar-refractivity contribution in [1.82, 2.24) is 30.0 Å². The van der Waals surface area contributed by atoms with Gasteiger partial charge in [0.25, 0.3) is 0 Å². The van der Waals surface area contributed by atoms with E-state index in [0.29, 0.717) is 18.4 Å². The van der Waals surface area contributed by atoms with Crippen LogP contribution in [0, 0.1) is 0 Å². The van der Waals surface area contributed by atoms with Gasteiger partial charge in [-0.1, -0.05) is 6.07 Å². The summed E-state index contributed by atoms with van der Waals surface area (Å²) in [7, 11) is 1.85. The van der Waals surface area contributed by atoms with E-state index < -0.39 is 0 Å². The molecule has 2 aromatic heterocycles. The fourth-order valence-electron chi connectivity index (χ4n) is 2.33. The highest BCUT2D eigenvalue weighted by atomic mass is 16.2. The lowest BCUT2D eigenvalue weighted by Gasteiger charge is -2.34. The Hall–Kier alpha value is -2.44. The minimum atomic E-state index is -0.0481. The smallest absolute Gasteiger partial charge is 0.317 e. The normalized spacial score (nSPS) is 14.5. The number of hydrogen-bond donors (Lipinski definition) is 1. The van der Waals surface area contributed by atoms with Crippen LogP contribution in [0.2, 0.25) is 0 Å². The predicted octanol–water partition coefficient (Wildman–Crippen LogP) is 1.36. The molecule has 1 saturated carbocycles. The zero-order valence-electron chi connectivity index (χ0n) is 11.9. The second kappa shape index (κ2) is 5.90. The number of nitrogens with one attached hydrogen (secondary N) is 1. The van der Waals surface area contributed by atoms with E-state index in [1.807, 2.05) is 19.2 Å². The number of nitrogens with zero attached hydrogens (tertiary/aromatic N) is 5. The first-order valence-corrected chi connectivity index (χ1v) is 7.05. The maximum atomic E-state index is 12.1. The van der Waals surface area contributed by atoms with E-state index in [-0.39, 0.29) is 6.03 Å². The first kappa shape index (κ1) is 13.5. The molecule has 0 radical (unpaired) electrons. The summed E-state index contributed by atoms with van der Waals surface area (Å²) in [5, 5.41) is 7.02. The Kier molecular flexibility index (Phi) is 3.81. The molecule has 3 rings (SSSR count). The Morgan fingerprint density at radius 1 is 1.52 bits per heavy atom. The molecule has 7 heteroatoms. The van der Waals surface area contributed by atoms with Gasteiger partial charge in [0.05, 0.1) is 0 Å². The average Bonchev–Trinajstić information content (AvgIpc) is 2.97. The van der Waals surface area contributed by atoms with E-state index in [0.717, 1.165) is 18.4 Å². The molecule has 7 nitrogen and oxygen atoms in total. The van der Waals surface area contributed by atoms with Crippen molar-refractivity contribution in [2.75, 3.05) is 7.05 Å². The highest BCUT2D eigenvalue weighted by Crippen LogP contribution is 2.23. The number of hydrogen-bond acceptors (Lipinski definition) is 4. The van der Waals surface area contributed by atoms with Gasteiger partial charge in [-0.25, -0.2) is 19.4 Å². The predicted molar refractivity (Wildman–Crippen MR) is 76.8 cm³/mol. The van der Waals surface area contributed by atoms with Crippen molar-refractivity contribution in [2.45, 2.75) is 31.8 Å². The first-order valence-electron chi connectivity index (χ1n) is 7.05. The zero-order valence-corrected chi connectivity index (χ0v) is 11.9. The number of aromatic nitrogens is 4. The molecule has 1 aliphatic carbocycles. The highest BCUT2D eigenvalue weighted by Gasteiger charge is 2.25. The standard InChI is InChI=1S/C14H18N6O/c1-19(12-5-2-6-12)14(21)17-8-11-4-3-7-16-13(11)20-10-15-9-18-20/h3-4,7,9-10,12H,2,5-6,8H2,1H3,(H,17,21). The van der Waals surface area contributed by atoms with Gasteiger partial charge in [-0.15, -0.1) is 0 Å². The van der Waals surface area contributed by atoms with Gasteiger partial charge in [-0.3, -0.25) is 0 Å². The summed E-state index contributed by atoms with van der Waals surface area (Å²) >= 11 is 0. The second-order valence-electron chi connectivity index (χ2n) is 5.18. The number of rotatable bonds is 4. The van der Waals surface area contributed by atoms with Crippen LogP contribution in [0.1, 0.15) is 24.8 Å². The maximum Gasteiger partial charge on any atom is 0.317 e. The molecule has 0 aromatic carbocycles. The molecule has 2 aromatic rings. The lowest BCUT2D eigenvalue weighted by molar-refractivity contribution is 0.157. The van der Waals surface area contributed by atoms with Gasteiger partial charge in [0.15, 0.2) is 5.82 Å². The molecule has 0 bridgehead atoms. The summed E-state index contributed by atoms with van der Waals surface area (Å²) in [6.07, 6.45) is 8.15. The molecule has 2 heterocycles. The molecular weight excluding hydrogens is 268 g/mol. The molecule has 2 amide bonds. The summed E-state index contributed by atoms with van der Waals surface area (Å²) in [6, 6.07) is 4.10. The molecule has 1 N–H and O–H groups in total. The van der Waals surface area contributed by atoms with E-state index in [1.165, 1.54) is 12.7 Å². The van der Waals surface area contributed by atoms with Crippen LogP contribution in [0.4, 0.5) is 4.79 Å². The largest absolute Gasteiger partial charge is 0.334 e. The van der Waals surface area contributed by atoms with Gasteiger partial charge in [-0.05, 0) is 25.3 Å². The van der Waals surface area contributed by atoms with Crippen LogP contribution in [0.25, 0.3) is 5.82 Å². The SMILES string of the molecule is CN(C(=O)NCc1cccnc1-n1cncn1)C1CCC1. The zero-order chi connectivity index (χ0) is 14.7. The van der Waals surface area contributed by atoms with Gasteiger partial charge in [0.2, 0.25) is 0 Å². The Labute approximate surface area is 123 Å². The van der Waals surface area contributed by atoms with Crippen molar-refractivity contribution < 1.29 is 4.79 Å². The van der Waals surface area contributed by atoms with Crippen molar-refractivity contribution in [3.8, 4) is 5.82 Å². The third-order valence-electron chi connectivity index (χ3n) is 3.88. The van der Waals surface area contributed by atoms with Crippen LogP contribution in [0.5, 0.6) is 0 Å². The summed E-state index contributed by atoms with van der Waals surface area (Å²) in [4.78, 5) is 22.1. The van der Waals surface area contributed by atoms with Crippen molar-refractivity contribution >= 4 is 6.03 Å². The Balaban J connectivity index is 1.66. The van der Waals surface area contributed by atoms with Crippen LogP contribution in [-0.4, -0.2) is 43.8 Å². The minimum absolute atomic E-state index is 0.0481. The number of carbonyl (C=O) groups is 1. The summed E-state index contributed by atoms with van der Waals surface area (Å²) in [5.41, 5.74) is 0.901. The molecule has 0 atom stereocenters. The summed E-state index contributed by atoms with van der Waals surface area (Å²) in [5.74, 6) is 0.682. The maximum absolute atomic E-state index is 12.1. The van der Waals surface area contributed by atoms with Gasteiger partial charge >= 0.3 is 6.03 Å². The lowest BCUT2D eigenvalue weighted by Crippen LogP contribution is -2.46. The van der Waals surface area contributed by atoms with E-state index in [1.54, 1.807) is 22.1 Å². The highest BCUT2D eigenvalue weighted by molar-refractivity contribution is 5.74. The van der Waals surface area contributed by atoms with Crippen LogP contribution in [-0.2, 0) is 6.54 Å². The van der Waals surface area contributed by atoms with Crippen LogP contribution in [0.15, 0.2) is 31.0 Å². The summed E-state index contributed by atoms with van der Waals surface area (Å²) < 4.78 is 1.59. The van der Waals surface area contributed by atoms with Crippen molar-refractivity contribution in [2.24, 2.45) is 0 Å². The van der Waals surface area contributed by atoms with Gasteiger partial charge in [0, 0.05) is 31.4 Å². The van der Waals surface area contributed by atoms with E-state index >= 15 is 0 Å². The molecule has 1 fully saturated rings. The molecule has 0 spiro atoms. The molecule has 0 aliphatic heterocycles. The van der Waals surface area contributed by atoms with Crippen LogP contribution < -0.4 is 5.32 Å². The number of pyridine rings is 1. The average molecular weight is 286 g/mol. The Bertz CT molecular complexity index is 608. The molecule has 0 unspecified atom stereocenters. The minimum Gasteiger partial charge on any atom is -0.334 e. The van der Waals surface area contributed by atoms with Crippen molar-refractivity contribution in [1.29, 1.82) is 0 Å². The summed E-state index contributed by atoms with van der Waals surface area (Å²) in [6.45, 7) is 0.416. The monoisotopic (exact) mass is 286 g/mol. The fraction of sp³-hybridized carbons (Fsp3) is 0.429. The molecule has 110 valence electrons. The second-order valence-corrected chi connectivity index (χ2v) is 5.18. The van der Waals surface area contributed by atoms with E-state index in [4.69, 9.17) is 0 Å². The third-order valence-corrected chi connectivity index (χ3v) is 3.88. The van der Waals surface area contributed by atoms with E-state index in [9.17, 15) is 4.79 Å². The third kappa shape index (κ3) is 2.86. The molecule has 21 heavy (non-hydrogen) atoms. The Morgan fingerprint density at radius 3 is 3.05 bits per heavy atom. The van der Waals surface area contributed by atoms with Crippen molar-refractivity contribution in [3.63, 3.8) is 0 Å². The fourth-order valence-corrected chi connectivity index (χ4v) is 2.33. The number of urea groups is 1. The van der Waals surface area contributed by atoms with Gasteiger partial charge in [0.1, 0.15) is 12.7 Å². The van der Waals surface area contributed by atoms with Gasteiger partial charge < -0.3 is 10.2 Å².